The molecule has 0 aliphatic carbocycles. The van der Waals surface area contributed by atoms with Crippen molar-refractivity contribution >= 4 is 34.6 Å². The number of rotatable bonds is 3. The fourth-order valence-corrected chi connectivity index (χ4v) is 5.29. The fraction of sp³-hybridized carbons (Fsp3) is 0.600. The molecule has 11 heteroatoms. The van der Waals surface area contributed by atoms with Gasteiger partial charge in [0.2, 0.25) is 11.8 Å². The van der Waals surface area contributed by atoms with Crippen molar-refractivity contribution in [1.82, 2.24) is 24.3 Å². The molecule has 2 aromatic rings. The molecule has 3 aliphatic heterocycles. The van der Waals surface area contributed by atoms with Gasteiger partial charge in [-0.1, -0.05) is 0 Å². The van der Waals surface area contributed by atoms with E-state index in [0.29, 0.717) is 31.1 Å². The number of ether oxygens (including phenoxy) is 1. The molecule has 3 amide bonds. The van der Waals surface area contributed by atoms with Crippen LogP contribution >= 0.6 is 0 Å². The van der Waals surface area contributed by atoms with Crippen LogP contribution in [-0.4, -0.2) is 87.8 Å². The lowest BCUT2D eigenvalue weighted by atomic mass is 10.1. The van der Waals surface area contributed by atoms with Crippen LogP contribution in [0.1, 0.15) is 39.7 Å². The van der Waals surface area contributed by atoms with E-state index in [-0.39, 0.29) is 24.1 Å². The number of fused-ring (bicyclic) bond motifs is 1. The summed E-state index contributed by atoms with van der Waals surface area (Å²) >= 11 is 0. The van der Waals surface area contributed by atoms with Crippen molar-refractivity contribution in [3.63, 3.8) is 0 Å². The highest BCUT2D eigenvalue weighted by atomic mass is 16.6. The van der Waals surface area contributed by atoms with Gasteiger partial charge in [-0.15, -0.1) is 0 Å². The Bertz CT molecular complexity index is 1260. The van der Waals surface area contributed by atoms with E-state index in [0.717, 1.165) is 37.4 Å². The summed E-state index contributed by atoms with van der Waals surface area (Å²) in [5.41, 5.74) is 1.73. The van der Waals surface area contributed by atoms with Gasteiger partial charge in [0, 0.05) is 64.5 Å². The topological polar surface area (TPSA) is 109 Å². The molecule has 3 fully saturated rings. The molecule has 1 aromatic heterocycles. The minimum Gasteiger partial charge on any atom is -0.444 e. The van der Waals surface area contributed by atoms with E-state index in [1.807, 2.05) is 39.0 Å². The number of imide groups is 1. The van der Waals surface area contributed by atoms with Gasteiger partial charge in [-0.3, -0.25) is 28.9 Å². The molecular weight excluding hydrogens is 464 g/mol. The van der Waals surface area contributed by atoms with Gasteiger partial charge in [0.15, 0.2) is 0 Å². The second kappa shape index (κ2) is 8.95. The first-order valence-electron chi connectivity index (χ1n) is 12.5. The third-order valence-electron chi connectivity index (χ3n) is 7.30. The Morgan fingerprint density at radius 1 is 1.03 bits per heavy atom. The maximum absolute atomic E-state index is 13.0. The number of benzene rings is 1. The summed E-state index contributed by atoms with van der Waals surface area (Å²) in [6.07, 6.45) is 0.290. The minimum absolute atomic E-state index is 0.220. The van der Waals surface area contributed by atoms with Crippen molar-refractivity contribution < 1.29 is 19.1 Å². The summed E-state index contributed by atoms with van der Waals surface area (Å²) in [6.45, 7) is 10.5. The quantitative estimate of drug-likeness (QED) is 0.631. The monoisotopic (exact) mass is 498 g/mol. The number of nitrogens with one attached hydrogen (secondary N) is 1. The average molecular weight is 499 g/mol. The van der Waals surface area contributed by atoms with Crippen molar-refractivity contribution in [1.29, 1.82) is 0 Å². The van der Waals surface area contributed by atoms with E-state index in [9.17, 15) is 19.2 Å². The molecule has 3 aliphatic rings. The number of aryl methyl sites for hydroxylation is 1. The first-order valence-corrected chi connectivity index (χ1v) is 12.5. The van der Waals surface area contributed by atoms with E-state index < -0.39 is 17.6 Å². The predicted octanol–water partition coefficient (Wildman–Crippen LogP) is 1.06. The zero-order valence-corrected chi connectivity index (χ0v) is 21.3. The number of carbonyl (C=O) groups is 3. The summed E-state index contributed by atoms with van der Waals surface area (Å²) < 4.78 is 8.53. The summed E-state index contributed by atoms with van der Waals surface area (Å²) in [7, 11) is 1.71. The Balaban J connectivity index is 1.24. The predicted molar refractivity (Wildman–Crippen MR) is 134 cm³/mol. The van der Waals surface area contributed by atoms with Crippen molar-refractivity contribution in [2.45, 2.75) is 51.3 Å². The molecule has 194 valence electrons. The second-order valence-corrected chi connectivity index (χ2v) is 10.9. The minimum atomic E-state index is -0.684. The Labute approximate surface area is 209 Å². The number of amides is 3. The molecule has 1 N–H and O–H groups in total. The maximum atomic E-state index is 13.0. The van der Waals surface area contributed by atoms with E-state index in [2.05, 4.69) is 15.1 Å². The largest absolute Gasteiger partial charge is 0.444 e. The van der Waals surface area contributed by atoms with Crippen LogP contribution in [-0.2, 0) is 21.4 Å². The van der Waals surface area contributed by atoms with Gasteiger partial charge in [-0.2, -0.15) is 0 Å². The Morgan fingerprint density at radius 3 is 2.36 bits per heavy atom. The molecule has 11 nitrogen and oxygen atoms in total. The van der Waals surface area contributed by atoms with Crippen molar-refractivity contribution in [3.8, 4) is 0 Å². The third kappa shape index (κ3) is 4.47. The Hall–Kier alpha value is -3.34. The van der Waals surface area contributed by atoms with Gasteiger partial charge < -0.3 is 14.5 Å². The zero-order valence-electron chi connectivity index (χ0n) is 21.3. The van der Waals surface area contributed by atoms with Crippen LogP contribution in [0.25, 0.3) is 11.0 Å². The number of hydrogen-bond acceptors (Lipinski definition) is 7. The molecule has 36 heavy (non-hydrogen) atoms. The fourth-order valence-electron chi connectivity index (χ4n) is 5.29. The highest BCUT2D eigenvalue weighted by Gasteiger charge is 2.38. The first-order chi connectivity index (χ1) is 17.0. The molecule has 4 heterocycles. The third-order valence-corrected chi connectivity index (χ3v) is 7.30. The van der Waals surface area contributed by atoms with Gasteiger partial charge >= 0.3 is 11.8 Å². The number of piperidine rings is 1. The smallest absolute Gasteiger partial charge is 0.410 e. The molecule has 1 atom stereocenters. The Morgan fingerprint density at radius 2 is 1.72 bits per heavy atom. The van der Waals surface area contributed by atoms with E-state index >= 15 is 0 Å². The van der Waals surface area contributed by atoms with Gasteiger partial charge in [-0.25, -0.2) is 9.59 Å². The zero-order chi connectivity index (χ0) is 25.8. The average Bonchev–Trinajstić information content (AvgIpc) is 3.02. The van der Waals surface area contributed by atoms with Crippen molar-refractivity contribution in [3.05, 3.63) is 28.7 Å². The number of hydrogen-bond donors (Lipinski definition) is 1. The molecule has 0 spiro atoms. The molecule has 0 bridgehead atoms. The van der Waals surface area contributed by atoms with Crippen LogP contribution in [0.15, 0.2) is 23.0 Å². The van der Waals surface area contributed by atoms with Crippen LogP contribution in [0.4, 0.5) is 10.5 Å². The highest BCUT2D eigenvalue weighted by molar-refractivity contribution is 6.00. The first kappa shape index (κ1) is 24.4. The number of imidazole rings is 1. The van der Waals surface area contributed by atoms with Gasteiger partial charge in [0.05, 0.1) is 11.0 Å². The standard InChI is InChI=1S/C25H34N6O5/c1-25(2,3)36-24(35)30-14-17(15-30)29-11-9-28(10-12-29)16-5-6-18-20(13-16)27(4)23(34)31(18)19-7-8-21(32)26-22(19)33/h5-6,13,17,19H,7-12,14-15H2,1-4H3,(H,26,32,33). The summed E-state index contributed by atoms with van der Waals surface area (Å²) in [5, 5.41) is 2.35. The number of piperazine rings is 1. The summed E-state index contributed by atoms with van der Waals surface area (Å²) in [6, 6.07) is 5.56. The van der Waals surface area contributed by atoms with E-state index in [1.165, 1.54) is 4.57 Å². The molecule has 3 saturated heterocycles. The number of carbonyl (C=O) groups excluding carboxylic acids is 3. The lowest BCUT2D eigenvalue weighted by Crippen LogP contribution is -2.64. The van der Waals surface area contributed by atoms with Crippen molar-refractivity contribution in [2.24, 2.45) is 7.05 Å². The number of likely N-dealkylation sites (tertiary alicyclic amines) is 1. The SMILES string of the molecule is Cn1c(=O)n(C2CCC(=O)NC2=O)c2ccc(N3CCN(C4CN(C(=O)OC(C)(C)C)C4)CC3)cc21. The second-order valence-electron chi connectivity index (χ2n) is 10.9. The van der Waals surface area contributed by atoms with Gasteiger partial charge in [0.1, 0.15) is 11.6 Å². The number of nitrogens with zero attached hydrogens (tertiary/aromatic N) is 5. The molecule has 5 rings (SSSR count). The molecule has 1 unspecified atom stereocenters. The van der Waals surface area contributed by atoms with Crippen LogP contribution in [0.3, 0.4) is 0 Å². The van der Waals surface area contributed by atoms with E-state index in [4.69, 9.17) is 4.74 Å². The van der Waals surface area contributed by atoms with Crippen LogP contribution in [0, 0.1) is 0 Å². The lowest BCUT2D eigenvalue weighted by molar-refractivity contribution is -0.135. The van der Waals surface area contributed by atoms with Crippen molar-refractivity contribution in [2.75, 3.05) is 44.2 Å². The van der Waals surface area contributed by atoms with Gasteiger partial charge in [0.25, 0.3) is 0 Å². The Kier molecular flexibility index (Phi) is 6.06. The van der Waals surface area contributed by atoms with Gasteiger partial charge in [-0.05, 0) is 45.4 Å². The highest BCUT2D eigenvalue weighted by Crippen LogP contribution is 2.28. The normalized spacial score (nSPS) is 22.1. The van der Waals surface area contributed by atoms with E-state index in [1.54, 1.807) is 16.5 Å². The molecule has 0 radical (unpaired) electrons. The molecular formula is C25H34N6O5. The summed E-state index contributed by atoms with van der Waals surface area (Å²) in [4.78, 5) is 55.7. The van der Waals surface area contributed by atoms with Crippen LogP contribution in [0.2, 0.25) is 0 Å². The number of anilines is 1. The van der Waals surface area contributed by atoms with Crippen LogP contribution in [0.5, 0.6) is 0 Å². The lowest BCUT2D eigenvalue weighted by Gasteiger charge is -2.48. The maximum Gasteiger partial charge on any atom is 0.410 e. The summed E-state index contributed by atoms with van der Waals surface area (Å²) in [5.74, 6) is -0.729. The van der Waals surface area contributed by atoms with Crippen LogP contribution < -0.4 is 15.9 Å². The molecule has 0 saturated carbocycles. The number of aromatic nitrogens is 2. The molecule has 1 aromatic carbocycles.